The summed E-state index contributed by atoms with van der Waals surface area (Å²) in [6, 6.07) is 10.6. The van der Waals surface area contributed by atoms with Crippen molar-refractivity contribution in [3.05, 3.63) is 59.4 Å². The van der Waals surface area contributed by atoms with E-state index in [1.54, 1.807) is 0 Å². The van der Waals surface area contributed by atoms with E-state index in [9.17, 15) is 10.2 Å². The Hall–Kier alpha value is -1.95. The normalized spacial score (nSPS) is 24.1. The predicted octanol–water partition coefficient (Wildman–Crippen LogP) is 3.60. The number of aliphatic hydroxyl groups excluding tert-OH is 1. The molecule has 3 heterocycles. The third-order valence-electron chi connectivity index (χ3n) is 7.52. The maximum atomic E-state index is 12.4. The van der Waals surface area contributed by atoms with E-state index in [4.69, 9.17) is 0 Å². The SMILES string of the molecule is CC(C)c1ccc(C(O)(c2cncc(N3CCC([C@@H](C)O)C3)c2)C2(C)CN(C)C2)cc1. The number of aliphatic hydroxyl groups is 2. The first-order valence-corrected chi connectivity index (χ1v) is 11.5. The van der Waals surface area contributed by atoms with E-state index in [0.29, 0.717) is 5.92 Å². The van der Waals surface area contributed by atoms with Crippen molar-refractivity contribution in [2.24, 2.45) is 11.3 Å². The second-order valence-corrected chi connectivity index (χ2v) is 10.4. The average molecular weight is 424 g/mol. The molecular weight excluding hydrogens is 386 g/mol. The zero-order chi connectivity index (χ0) is 22.4. The zero-order valence-electron chi connectivity index (χ0n) is 19.5. The fraction of sp³-hybridized carbons (Fsp3) is 0.577. The van der Waals surface area contributed by atoms with Crippen LogP contribution in [-0.2, 0) is 5.60 Å². The van der Waals surface area contributed by atoms with Crippen LogP contribution in [-0.4, -0.2) is 59.4 Å². The summed E-state index contributed by atoms with van der Waals surface area (Å²) in [7, 11) is 2.10. The molecular formula is C26H37N3O2. The van der Waals surface area contributed by atoms with Crippen LogP contribution in [0, 0.1) is 11.3 Å². The molecule has 0 spiro atoms. The standard InChI is InChI=1S/C26H37N3O2/c1-18(2)20-6-8-22(9-7-20)26(31,25(4)16-28(5)17-25)23-12-24(14-27-13-23)29-11-10-21(15-29)19(3)30/h6-9,12-14,18-19,21,30-31H,10-11,15-17H2,1-5H3/t19-,21?,26?/m1/s1. The van der Waals surface area contributed by atoms with Crippen LogP contribution in [0.25, 0.3) is 0 Å². The van der Waals surface area contributed by atoms with Crippen molar-refractivity contribution in [1.82, 2.24) is 9.88 Å². The Morgan fingerprint density at radius 2 is 1.77 bits per heavy atom. The maximum absolute atomic E-state index is 12.4. The highest BCUT2D eigenvalue weighted by atomic mass is 16.3. The number of hydrogen-bond acceptors (Lipinski definition) is 5. The molecule has 2 saturated heterocycles. The van der Waals surface area contributed by atoms with E-state index in [2.05, 4.69) is 72.9 Å². The number of anilines is 1. The van der Waals surface area contributed by atoms with Crippen LogP contribution in [0.3, 0.4) is 0 Å². The summed E-state index contributed by atoms with van der Waals surface area (Å²) in [4.78, 5) is 9.08. The topological polar surface area (TPSA) is 59.8 Å². The van der Waals surface area contributed by atoms with E-state index in [0.717, 1.165) is 49.4 Å². The maximum Gasteiger partial charge on any atom is 0.124 e. The number of pyridine rings is 1. The van der Waals surface area contributed by atoms with E-state index >= 15 is 0 Å². The molecule has 2 fully saturated rings. The number of aromatic nitrogens is 1. The fourth-order valence-electron chi connectivity index (χ4n) is 5.56. The van der Waals surface area contributed by atoms with Gasteiger partial charge in [-0.3, -0.25) is 4.98 Å². The predicted molar refractivity (Wildman–Crippen MR) is 125 cm³/mol. The molecule has 5 heteroatoms. The smallest absolute Gasteiger partial charge is 0.124 e. The van der Waals surface area contributed by atoms with Gasteiger partial charge in [-0.15, -0.1) is 0 Å². The quantitative estimate of drug-likeness (QED) is 0.743. The summed E-state index contributed by atoms with van der Waals surface area (Å²) < 4.78 is 0. The largest absolute Gasteiger partial charge is 0.393 e. The van der Waals surface area contributed by atoms with Gasteiger partial charge in [-0.2, -0.15) is 0 Å². The fourth-order valence-corrected chi connectivity index (χ4v) is 5.56. The molecule has 1 aromatic heterocycles. The zero-order valence-corrected chi connectivity index (χ0v) is 19.5. The van der Waals surface area contributed by atoms with Crippen LogP contribution >= 0.6 is 0 Å². The third-order valence-corrected chi connectivity index (χ3v) is 7.52. The molecule has 0 saturated carbocycles. The van der Waals surface area contributed by atoms with Gasteiger partial charge in [0.2, 0.25) is 0 Å². The molecule has 5 nitrogen and oxygen atoms in total. The molecule has 2 unspecified atom stereocenters. The van der Waals surface area contributed by atoms with Crippen LogP contribution in [0.4, 0.5) is 5.69 Å². The molecule has 0 bridgehead atoms. The highest BCUT2D eigenvalue weighted by Gasteiger charge is 2.55. The molecule has 4 rings (SSSR count). The number of likely N-dealkylation sites (tertiary alicyclic amines) is 1. The van der Waals surface area contributed by atoms with Gasteiger partial charge in [0.15, 0.2) is 0 Å². The monoisotopic (exact) mass is 423 g/mol. The molecule has 2 N–H and O–H groups in total. The Morgan fingerprint density at radius 1 is 1.10 bits per heavy atom. The first kappa shape index (κ1) is 22.3. The lowest BCUT2D eigenvalue weighted by molar-refractivity contribution is -0.127. The van der Waals surface area contributed by atoms with Gasteiger partial charge in [0.05, 0.1) is 18.0 Å². The van der Waals surface area contributed by atoms with Crippen molar-refractivity contribution in [3.63, 3.8) is 0 Å². The molecule has 2 aliphatic heterocycles. The van der Waals surface area contributed by atoms with E-state index < -0.39 is 5.60 Å². The highest BCUT2D eigenvalue weighted by molar-refractivity contribution is 5.51. The number of benzene rings is 1. The van der Waals surface area contributed by atoms with Gasteiger partial charge in [0, 0.05) is 49.3 Å². The highest BCUT2D eigenvalue weighted by Crippen LogP contribution is 2.50. The number of nitrogens with zero attached hydrogens (tertiary/aromatic N) is 3. The van der Waals surface area contributed by atoms with Crippen LogP contribution in [0.2, 0.25) is 0 Å². The summed E-state index contributed by atoms with van der Waals surface area (Å²) >= 11 is 0. The van der Waals surface area contributed by atoms with E-state index in [1.807, 2.05) is 19.3 Å². The molecule has 31 heavy (non-hydrogen) atoms. The van der Waals surface area contributed by atoms with Gasteiger partial charge in [-0.05, 0) is 43.5 Å². The molecule has 0 amide bonds. The molecule has 1 aromatic carbocycles. The Morgan fingerprint density at radius 3 is 2.32 bits per heavy atom. The van der Waals surface area contributed by atoms with Gasteiger partial charge < -0.3 is 20.0 Å². The average Bonchev–Trinajstić information content (AvgIpc) is 3.23. The molecule has 168 valence electrons. The van der Waals surface area contributed by atoms with Crippen LogP contribution in [0.1, 0.15) is 56.7 Å². The van der Waals surface area contributed by atoms with E-state index in [1.165, 1.54) is 5.56 Å². The Bertz CT molecular complexity index is 905. The van der Waals surface area contributed by atoms with Gasteiger partial charge in [0.25, 0.3) is 0 Å². The lowest BCUT2D eigenvalue weighted by Crippen LogP contribution is -2.63. The lowest BCUT2D eigenvalue weighted by atomic mass is 9.62. The molecule has 3 atom stereocenters. The van der Waals surface area contributed by atoms with Crippen molar-refractivity contribution >= 4 is 5.69 Å². The first-order valence-electron chi connectivity index (χ1n) is 11.5. The second-order valence-electron chi connectivity index (χ2n) is 10.4. The van der Waals surface area contributed by atoms with Gasteiger partial charge in [0.1, 0.15) is 5.60 Å². The Labute approximate surface area is 186 Å². The molecule has 0 radical (unpaired) electrons. The Kier molecular flexibility index (Phi) is 5.88. The minimum absolute atomic E-state index is 0.281. The van der Waals surface area contributed by atoms with Gasteiger partial charge in [-0.1, -0.05) is 45.0 Å². The third kappa shape index (κ3) is 3.88. The van der Waals surface area contributed by atoms with Crippen molar-refractivity contribution in [3.8, 4) is 0 Å². The summed E-state index contributed by atoms with van der Waals surface area (Å²) in [5, 5.41) is 22.4. The van der Waals surface area contributed by atoms with Crippen molar-refractivity contribution < 1.29 is 10.2 Å². The number of hydrogen-bond donors (Lipinski definition) is 2. The second kappa shape index (κ2) is 8.19. The van der Waals surface area contributed by atoms with Crippen molar-refractivity contribution in [2.45, 2.75) is 51.7 Å². The van der Waals surface area contributed by atoms with Crippen molar-refractivity contribution in [1.29, 1.82) is 0 Å². The minimum atomic E-state index is -1.12. The molecule has 2 aromatic rings. The molecule has 2 aliphatic rings. The Balaban J connectivity index is 1.73. The molecule has 0 aliphatic carbocycles. The first-order chi connectivity index (χ1) is 14.6. The van der Waals surface area contributed by atoms with Crippen LogP contribution in [0.5, 0.6) is 0 Å². The minimum Gasteiger partial charge on any atom is -0.393 e. The van der Waals surface area contributed by atoms with E-state index in [-0.39, 0.29) is 17.4 Å². The van der Waals surface area contributed by atoms with Crippen LogP contribution in [0.15, 0.2) is 42.7 Å². The van der Waals surface area contributed by atoms with Gasteiger partial charge in [-0.25, -0.2) is 0 Å². The lowest BCUT2D eigenvalue weighted by Gasteiger charge is -2.56. The summed E-state index contributed by atoms with van der Waals surface area (Å²) in [6.45, 7) is 11.8. The van der Waals surface area contributed by atoms with Gasteiger partial charge >= 0.3 is 0 Å². The summed E-state index contributed by atoms with van der Waals surface area (Å²) in [5.74, 6) is 0.735. The number of rotatable bonds is 6. The van der Waals surface area contributed by atoms with Crippen molar-refractivity contribution in [2.75, 3.05) is 38.1 Å². The summed E-state index contributed by atoms with van der Waals surface area (Å²) in [6.07, 6.45) is 4.38. The van der Waals surface area contributed by atoms with Crippen LogP contribution < -0.4 is 4.90 Å². The summed E-state index contributed by atoms with van der Waals surface area (Å²) in [5.41, 5.74) is 2.65.